The summed E-state index contributed by atoms with van der Waals surface area (Å²) in [5, 5.41) is -0.0483. The molecule has 0 saturated carbocycles. The summed E-state index contributed by atoms with van der Waals surface area (Å²) < 4.78 is 2.92. The van der Waals surface area contributed by atoms with Crippen LogP contribution in [0.4, 0.5) is 0 Å². The van der Waals surface area contributed by atoms with Gasteiger partial charge in [0.2, 0.25) is 9.70 Å². The maximum Gasteiger partial charge on any atom is 0.330 e. The van der Waals surface area contributed by atoms with Crippen LogP contribution in [0.5, 0.6) is 0 Å². The van der Waals surface area contributed by atoms with Crippen molar-refractivity contribution >= 4 is 74.4 Å². The quantitative estimate of drug-likeness (QED) is 0.398. The summed E-state index contributed by atoms with van der Waals surface area (Å²) in [6.45, 7) is 3.45. The highest BCUT2D eigenvalue weighted by molar-refractivity contribution is 9.10. The van der Waals surface area contributed by atoms with Crippen molar-refractivity contribution in [2.24, 2.45) is 0 Å². The first kappa shape index (κ1) is 16.0. The molecule has 0 unspecified atom stereocenters. The van der Waals surface area contributed by atoms with Crippen LogP contribution in [0, 0.1) is 0 Å². The molecule has 2 heterocycles. The molecule has 0 aromatic carbocycles. The molecule has 2 aliphatic rings. The number of amides is 1. The van der Waals surface area contributed by atoms with E-state index in [2.05, 4.69) is 15.9 Å². The standard InChI is InChI=1S/C10H11BrCl3NO3S/c1-9(2)5(8(17)18-3-10(12,13)14)15-6(16)4(11)7(15)19-9/h4-5,7H,3H2,1-2H3/t4-,5-,7+/m0/s1. The molecule has 4 nitrogen and oxygen atoms in total. The molecule has 3 atom stereocenters. The summed E-state index contributed by atoms with van der Waals surface area (Å²) in [5.41, 5.74) is 0. The number of carbonyl (C=O) groups excluding carboxylic acids is 2. The van der Waals surface area contributed by atoms with Gasteiger partial charge in [0.25, 0.3) is 0 Å². The van der Waals surface area contributed by atoms with Gasteiger partial charge < -0.3 is 9.64 Å². The average molecular weight is 412 g/mol. The van der Waals surface area contributed by atoms with E-state index in [0.29, 0.717) is 0 Å². The summed E-state index contributed by atoms with van der Waals surface area (Å²) in [5.74, 6) is -0.655. The van der Waals surface area contributed by atoms with Gasteiger partial charge in [-0.1, -0.05) is 50.7 Å². The highest BCUT2D eigenvalue weighted by Gasteiger charge is 2.63. The summed E-state index contributed by atoms with van der Waals surface area (Å²) in [7, 11) is 0. The Labute approximate surface area is 138 Å². The Morgan fingerprint density at radius 3 is 2.63 bits per heavy atom. The highest BCUT2D eigenvalue weighted by Crippen LogP contribution is 2.53. The second kappa shape index (κ2) is 5.13. The number of carbonyl (C=O) groups is 2. The van der Waals surface area contributed by atoms with Crippen molar-refractivity contribution in [1.82, 2.24) is 4.90 Å². The van der Waals surface area contributed by atoms with Crippen LogP contribution in [0.15, 0.2) is 0 Å². The molecule has 0 aliphatic carbocycles. The maximum absolute atomic E-state index is 12.1. The lowest BCUT2D eigenvalue weighted by molar-refractivity contribution is -0.160. The lowest BCUT2D eigenvalue weighted by Crippen LogP contribution is -2.63. The highest BCUT2D eigenvalue weighted by atomic mass is 79.9. The molecular weight excluding hydrogens is 400 g/mol. The lowest BCUT2D eigenvalue weighted by Gasteiger charge is -2.41. The first-order chi connectivity index (χ1) is 8.54. The average Bonchev–Trinajstić information content (AvgIpc) is 2.53. The topological polar surface area (TPSA) is 46.6 Å². The summed E-state index contributed by atoms with van der Waals surface area (Å²) in [6, 6.07) is -0.656. The van der Waals surface area contributed by atoms with Crippen LogP contribution in [0.25, 0.3) is 0 Å². The molecule has 0 spiro atoms. The van der Waals surface area contributed by atoms with E-state index in [0.717, 1.165) is 0 Å². The predicted octanol–water partition coefficient (Wildman–Crippen LogP) is 2.73. The number of alkyl halides is 4. The molecule has 2 aliphatic heterocycles. The largest absolute Gasteiger partial charge is 0.460 e. The third-order valence-electron chi connectivity index (χ3n) is 2.98. The van der Waals surface area contributed by atoms with Crippen molar-refractivity contribution < 1.29 is 14.3 Å². The van der Waals surface area contributed by atoms with Crippen molar-refractivity contribution in [2.45, 2.75) is 38.6 Å². The van der Waals surface area contributed by atoms with Crippen molar-refractivity contribution in [2.75, 3.05) is 6.61 Å². The van der Waals surface area contributed by atoms with Crippen molar-refractivity contribution in [3.05, 3.63) is 0 Å². The van der Waals surface area contributed by atoms with Gasteiger partial charge in [0, 0.05) is 4.75 Å². The third-order valence-corrected chi connectivity index (χ3v) is 6.12. The van der Waals surface area contributed by atoms with E-state index in [1.165, 1.54) is 4.90 Å². The summed E-state index contributed by atoms with van der Waals surface area (Å²) >= 11 is 21.5. The number of nitrogens with zero attached hydrogens (tertiary/aromatic N) is 1. The Bertz CT molecular complexity index is 429. The fourth-order valence-corrected chi connectivity index (χ4v) is 4.69. The van der Waals surface area contributed by atoms with Crippen LogP contribution in [0.3, 0.4) is 0 Å². The van der Waals surface area contributed by atoms with Gasteiger partial charge in [-0.15, -0.1) is 11.8 Å². The molecule has 1 amide bonds. The number of thioether (sulfide) groups is 1. The zero-order valence-corrected chi connectivity index (χ0v) is 14.7. The molecule has 0 bridgehead atoms. The molecule has 0 aromatic rings. The van der Waals surface area contributed by atoms with Crippen molar-refractivity contribution in [3.8, 4) is 0 Å². The molecule has 2 fully saturated rings. The monoisotopic (exact) mass is 409 g/mol. The number of hydrogen-bond donors (Lipinski definition) is 0. The number of fused-ring (bicyclic) bond motifs is 1. The second-order valence-electron chi connectivity index (χ2n) is 4.88. The lowest BCUT2D eigenvalue weighted by atomic mass is 9.98. The third kappa shape index (κ3) is 2.98. The molecule has 19 heavy (non-hydrogen) atoms. The normalized spacial score (nSPS) is 32.8. The van der Waals surface area contributed by atoms with E-state index < -0.39 is 20.6 Å². The van der Waals surface area contributed by atoms with E-state index in [4.69, 9.17) is 39.5 Å². The van der Waals surface area contributed by atoms with Gasteiger partial charge in [0.1, 0.15) is 22.8 Å². The fraction of sp³-hybridized carbons (Fsp3) is 0.800. The second-order valence-corrected chi connectivity index (χ2v) is 10.2. The molecule has 2 rings (SSSR count). The van der Waals surface area contributed by atoms with Crippen molar-refractivity contribution in [1.29, 1.82) is 0 Å². The Morgan fingerprint density at radius 1 is 1.53 bits per heavy atom. The minimum Gasteiger partial charge on any atom is -0.460 e. The molecule has 0 aromatic heterocycles. The molecule has 0 N–H and O–H groups in total. The van der Waals surface area contributed by atoms with Crippen LogP contribution in [-0.4, -0.2) is 48.2 Å². The Morgan fingerprint density at radius 2 is 2.11 bits per heavy atom. The minimum atomic E-state index is -1.65. The van der Waals surface area contributed by atoms with Crippen LogP contribution in [0.2, 0.25) is 0 Å². The van der Waals surface area contributed by atoms with Crippen LogP contribution in [0.1, 0.15) is 13.8 Å². The molecule has 108 valence electrons. The number of rotatable bonds is 2. The van der Waals surface area contributed by atoms with Gasteiger partial charge >= 0.3 is 5.97 Å². The number of halogens is 4. The summed E-state index contributed by atoms with van der Waals surface area (Å²) in [6.07, 6.45) is 0. The molecule has 9 heteroatoms. The smallest absolute Gasteiger partial charge is 0.330 e. The zero-order valence-electron chi connectivity index (χ0n) is 10.0. The van der Waals surface area contributed by atoms with E-state index >= 15 is 0 Å². The Kier molecular flexibility index (Phi) is 4.32. The Balaban J connectivity index is 2.10. The van der Waals surface area contributed by atoms with Gasteiger partial charge in [-0.3, -0.25) is 4.79 Å². The Hall–Kier alpha value is 0.640. The van der Waals surface area contributed by atoms with Crippen LogP contribution in [-0.2, 0) is 14.3 Å². The van der Waals surface area contributed by atoms with E-state index in [1.54, 1.807) is 11.8 Å². The van der Waals surface area contributed by atoms with Gasteiger partial charge in [-0.05, 0) is 13.8 Å². The van der Waals surface area contributed by atoms with Gasteiger partial charge in [-0.2, -0.15) is 0 Å². The van der Waals surface area contributed by atoms with Gasteiger partial charge in [-0.25, -0.2) is 4.79 Å². The predicted molar refractivity (Wildman–Crippen MR) is 80.1 cm³/mol. The van der Waals surface area contributed by atoms with Crippen LogP contribution < -0.4 is 0 Å². The number of hydrogen-bond acceptors (Lipinski definition) is 4. The molecule has 0 radical (unpaired) electrons. The van der Waals surface area contributed by atoms with E-state index in [1.807, 2.05) is 13.8 Å². The van der Waals surface area contributed by atoms with E-state index in [-0.39, 0.29) is 22.7 Å². The van der Waals surface area contributed by atoms with E-state index in [9.17, 15) is 9.59 Å². The first-order valence-corrected chi connectivity index (χ1v) is 8.35. The number of β-lactam (4-membered cyclic amide) rings is 1. The maximum atomic E-state index is 12.1. The summed E-state index contributed by atoms with van der Waals surface area (Å²) in [4.78, 5) is 25.2. The fourth-order valence-electron chi connectivity index (χ4n) is 2.18. The van der Waals surface area contributed by atoms with Crippen molar-refractivity contribution in [3.63, 3.8) is 0 Å². The van der Waals surface area contributed by atoms with Gasteiger partial charge in [0.15, 0.2) is 0 Å². The SMILES string of the molecule is CC1(C)S[C@@H]2[C@@H](Br)C(=O)N2[C@H]1C(=O)OCC(Cl)(Cl)Cl. The molecular formula is C10H11BrCl3NO3S. The van der Waals surface area contributed by atoms with Crippen LogP contribution >= 0.6 is 62.5 Å². The molecule has 2 saturated heterocycles. The zero-order chi connectivity index (χ0) is 14.6. The number of ether oxygens (including phenoxy) is 1. The number of esters is 1. The van der Waals surface area contributed by atoms with Gasteiger partial charge in [0.05, 0.1) is 0 Å². The first-order valence-electron chi connectivity index (χ1n) is 5.42. The minimum absolute atomic E-state index is 0.0483.